The van der Waals surface area contributed by atoms with Crippen molar-refractivity contribution in [3.8, 4) is 0 Å². The average molecular weight is 283 g/mol. The maximum Gasteiger partial charge on any atom is 0.227 e. The van der Waals surface area contributed by atoms with E-state index in [4.69, 9.17) is 0 Å². The van der Waals surface area contributed by atoms with Gasteiger partial charge in [-0.2, -0.15) is 0 Å². The average Bonchev–Trinajstić information content (AvgIpc) is 2.80. The van der Waals surface area contributed by atoms with Gasteiger partial charge in [0, 0.05) is 18.7 Å². The zero-order valence-corrected chi connectivity index (χ0v) is 11.5. The summed E-state index contributed by atoms with van der Waals surface area (Å²) in [4.78, 5) is 13.9. The van der Waals surface area contributed by atoms with E-state index in [1.54, 1.807) is 11.8 Å². The molecule has 0 aliphatic carbocycles. The normalized spacial score (nSPS) is 20.2. The predicted octanol–water partition coefficient (Wildman–Crippen LogP) is 2.27. The van der Waals surface area contributed by atoms with Crippen LogP contribution in [0.25, 0.3) is 0 Å². The quantitative estimate of drug-likeness (QED) is 0.921. The molecule has 2 rings (SSSR count). The molecule has 3 nitrogen and oxygen atoms in total. The lowest BCUT2D eigenvalue weighted by molar-refractivity contribution is -0.131. The Morgan fingerprint density at radius 2 is 2.25 bits per heavy atom. The fourth-order valence-electron chi connectivity index (χ4n) is 2.73. The van der Waals surface area contributed by atoms with Crippen molar-refractivity contribution in [2.45, 2.75) is 44.8 Å². The third kappa shape index (κ3) is 3.54. The van der Waals surface area contributed by atoms with E-state index in [-0.39, 0.29) is 23.9 Å². The lowest BCUT2D eigenvalue weighted by Gasteiger charge is -2.26. The van der Waals surface area contributed by atoms with Crippen LogP contribution in [0.4, 0.5) is 8.78 Å². The Morgan fingerprint density at radius 1 is 1.50 bits per heavy atom. The Hall–Kier alpha value is -1.49. The lowest BCUT2D eigenvalue weighted by Crippen LogP contribution is -2.38. The van der Waals surface area contributed by atoms with Crippen LogP contribution in [0.1, 0.15) is 31.7 Å². The maximum absolute atomic E-state index is 13.6. The van der Waals surface area contributed by atoms with Crippen LogP contribution in [0.3, 0.4) is 0 Å². The van der Waals surface area contributed by atoms with Crippen LogP contribution in [-0.4, -0.2) is 34.6 Å². The summed E-state index contributed by atoms with van der Waals surface area (Å²) in [5, 5.41) is 9.44. The second-order valence-electron chi connectivity index (χ2n) is 5.38. The third-order valence-corrected chi connectivity index (χ3v) is 3.67. The molecular weight excluding hydrogens is 264 g/mol. The first-order chi connectivity index (χ1) is 9.47. The molecule has 0 saturated carbocycles. The van der Waals surface area contributed by atoms with Crippen LogP contribution in [0.5, 0.6) is 0 Å². The largest absolute Gasteiger partial charge is 0.393 e. The van der Waals surface area contributed by atoms with Gasteiger partial charge in [-0.3, -0.25) is 4.79 Å². The Bertz CT molecular complexity index is 491. The van der Waals surface area contributed by atoms with Crippen LogP contribution < -0.4 is 0 Å². The first-order valence-electron chi connectivity index (χ1n) is 6.89. The third-order valence-electron chi connectivity index (χ3n) is 3.67. The SMILES string of the molecule is CC(O)CC1CCCN1C(=O)Cc1ccc(F)cc1F. The van der Waals surface area contributed by atoms with Crippen LogP contribution >= 0.6 is 0 Å². The van der Waals surface area contributed by atoms with E-state index in [0.717, 1.165) is 25.0 Å². The summed E-state index contributed by atoms with van der Waals surface area (Å²) in [6, 6.07) is 3.27. The number of carbonyl (C=O) groups excluding carboxylic acids is 1. The number of carbonyl (C=O) groups is 1. The Labute approximate surface area is 117 Å². The van der Waals surface area contributed by atoms with Gasteiger partial charge < -0.3 is 10.0 Å². The molecule has 1 aromatic rings. The highest BCUT2D eigenvalue weighted by Gasteiger charge is 2.29. The summed E-state index contributed by atoms with van der Waals surface area (Å²) in [5.74, 6) is -1.50. The summed E-state index contributed by atoms with van der Waals surface area (Å²) in [5.41, 5.74) is 0.207. The molecule has 1 N–H and O–H groups in total. The van der Waals surface area contributed by atoms with E-state index >= 15 is 0 Å². The molecule has 2 atom stereocenters. The van der Waals surface area contributed by atoms with Crippen molar-refractivity contribution >= 4 is 5.91 Å². The number of halogens is 2. The number of hydrogen-bond acceptors (Lipinski definition) is 2. The molecule has 1 aliphatic rings. The minimum Gasteiger partial charge on any atom is -0.393 e. The highest BCUT2D eigenvalue weighted by Crippen LogP contribution is 2.23. The number of nitrogens with zero attached hydrogens (tertiary/aromatic N) is 1. The van der Waals surface area contributed by atoms with E-state index < -0.39 is 17.7 Å². The van der Waals surface area contributed by atoms with Crippen LogP contribution in [-0.2, 0) is 11.2 Å². The number of amides is 1. The number of aliphatic hydroxyl groups excluding tert-OH is 1. The molecule has 0 radical (unpaired) electrons. The maximum atomic E-state index is 13.6. The standard InChI is InChI=1S/C15H19F2NO2/c1-10(19)7-13-3-2-6-18(13)15(20)8-11-4-5-12(16)9-14(11)17/h4-5,9-10,13,19H,2-3,6-8H2,1H3. The molecule has 1 heterocycles. The van der Waals surface area contributed by atoms with Crippen LogP contribution in [0.15, 0.2) is 18.2 Å². The summed E-state index contributed by atoms with van der Waals surface area (Å²) < 4.78 is 26.4. The van der Waals surface area contributed by atoms with Gasteiger partial charge >= 0.3 is 0 Å². The highest BCUT2D eigenvalue weighted by atomic mass is 19.1. The smallest absolute Gasteiger partial charge is 0.227 e. The first-order valence-corrected chi connectivity index (χ1v) is 6.89. The van der Waals surface area contributed by atoms with E-state index in [2.05, 4.69) is 0 Å². The molecule has 110 valence electrons. The van der Waals surface area contributed by atoms with Crippen molar-refractivity contribution in [2.75, 3.05) is 6.54 Å². The molecule has 0 bridgehead atoms. The van der Waals surface area contributed by atoms with Crippen LogP contribution in [0.2, 0.25) is 0 Å². The van der Waals surface area contributed by atoms with Crippen molar-refractivity contribution in [3.05, 3.63) is 35.4 Å². The fraction of sp³-hybridized carbons (Fsp3) is 0.533. The van der Waals surface area contributed by atoms with E-state index in [9.17, 15) is 18.7 Å². The molecule has 1 aromatic carbocycles. The summed E-state index contributed by atoms with van der Waals surface area (Å²) >= 11 is 0. The van der Waals surface area contributed by atoms with Crippen molar-refractivity contribution in [3.63, 3.8) is 0 Å². The molecule has 0 spiro atoms. The fourth-order valence-corrected chi connectivity index (χ4v) is 2.73. The summed E-state index contributed by atoms with van der Waals surface area (Å²) in [6.07, 6.45) is 1.77. The van der Waals surface area contributed by atoms with Crippen LogP contribution in [0, 0.1) is 11.6 Å². The number of rotatable bonds is 4. The molecule has 1 saturated heterocycles. The Kier molecular flexibility index (Phi) is 4.70. The second kappa shape index (κ2) is 6.31. The molecule has 20 heavy (non-hydrogen) atoms. The number of benzene rings is 1. The van der Waals surface area contributed by atoms with E-state index in [1.807, 2.05) is 0 Å². The van der Waals surface area contributed by atoms with Crippen molar-refractivity contribution in [2.24, 2.45) is 0 Å². The molecule has 0 aromatic heterocycles. The van der Waals surface area contributed by atoms with Gasteiger partial charge in [-0.1, -0.05) is 6.07 Å². The zero-order valence-electron chi connectivity index (χ0n) is 11.5. The lowest BCUT2D eigenvalue weighted by atomic mass is 10.1. The second-order valence-corrected chi connectivity index (χ2v) is 5.38. The summed E-state index contributed by atoms with van der Waals surface area (Å²) in [7, 11) is 0. The predicted molar refractivity (Wildman–Crippen MR) is 71.1 cm³/mol. The Morgan fingerprint density at radius 3 is 2.90 bits per heavy atom. The van der Waals surface area contributed by atoms with Gasteiger partial charge in [-0.15, -0.1) is 0 Å². The van der Waals surface area contributed by atoms with Gasteiger partial charge in [-0.05, 0) is 37.8 Å². The van der Waals surface area contributed by atoms with Gasteiger partial charge in [0.05, 0.1) is 12.5 Å². The number of aliphatic hydroxyl groups is 1. The molecule has 1 amide bonds. The highest BCUT2D eigenvalue weighted by molar-refractivity contribution is 5.79. The minimum atomic E-state index is -0.690. The summed E-state index contributed by atoms with van der Waals surface area (Å²) in [6.45, 7) is 2.33. The topological polar surface area (TPSA) is 40.5 Å². The molecule has 1 fully saturated rings. The monoisotopic (exact) mass is 283 g/mol. The minimum absolute atomic E-state index is 0.0195. The first kappa shape index (κ1) is 14.9. The molecule has 2 unspecified atom stereocenters. The molecular formula is C15H19F2NO2. The number of hydrogen-bond donors (Lipinski definition) is 1. The van der Waals surface area contributed by atoms with Crippen molar-refractivity contribution in [1.29, 1.82) is 0 Å². The van der Waals surface area contributed by atoms with Gasteiger partial charge in [0.25, 0.3) is 0 Å². The van der Waals surface area contributed by atoms with Crippen molar-refractivity contribution in [1.82, 2.24) is 4.90 Å². The molecule has 1 aliphatic heterocycles. The van der Waals surface area contributed by atoms with Gasteiger partial charge in [-0.25, -0.2) is 8.78 Å². The molecule has 5 heteroatoms. The van der Waals surface area contributed by atoms with Crippen molar-refractivity contribution < 1.29 is 18.7 Å². The van der Waals surface area contributed by atoms with Gasteiger partial charge in [0.1, 0.15) is 11.6 Å². The number of likely N-dealkylation sites (tertiary alicyclic amines) is 1. The van der Waals surface area contributed by atoms with E-state index in [1.165, 1.54) is 6.07 Å². The van der Waals surface area contributed by atoms with Gasteiger partial charge in [0.2, 0.25) is 5.91 Å². The van der Waals surface area contributed by atoms with Gasteiger partial charge in [0.15, 0.2) is 0 Å². The van der Waals surface area contributed by atoms with E-state index in [0.29, 0.717) is 13.0 Å². The zero-order chi connectivity index (χ0) is 14.7. The Balaban J connectivity index is 2.03.